The third-order valence-electron chi connectivity index (χ3n) is 13.1. The van der Waals surface area contributed by atoms with Gasteiger partial charge in [-0.05, 0) is 91.3 Å². The van der Waals surface area contributed by atoms with Crippen molar-refractivity contribution >= 4 is 5.78 Å². The molecule has 6 rings (SSSR count). The van der Waals surface area contributed by atoms with Crippen LogP contribution in [0.5, 0.6) is 0 Å². The minimum Gasteiger partial charge on any atom is -0.394 e. The number of carbonyl (C=O) groups is 1. The summed E-state index contributed by atoms with van der Waals surface area (Å²) in [4.78, 5) is 14.3. The molecule has 1 heterocycles. The van der Waals surface area contributed by atoms with Crippen LogP contribution in [0.25, 0.3) is 0 Å². The van der Waals surface area contributed by atoms with E-state index < -0.39 is 6.10 Å². The fraction of sp³-hybridized carbons (Fsp3) is 0.871. The van der Waals surface area contributed by atoms with Gasteiger partial charge in [-0.1, -0.05) is 46.7 Å². The number of hydrogen-bond donors (Lipinski definition) is 2. The molecule has 2 N–H and O–H groups in total. The van der Waals surface area contributed by atoms with Crippen molar-refractivity contribution in [3.8, 4) is 0 Å². The molecule has 0 bridgehead atoms. The molecule has 36 heavy (non-hydrogen) atoms. The second kappa shape index (κ2) is 7.68. The summed E-state index contributed by atoms with van der Waals surface area (Å²) in [5, 5.41) is 25.4. The van der Waals surface area contributed by atoms with Gasteiger partial charge in [0, 0.05) is 28.7 Å². The largest absolute Gasteiger partial charge is 0.394 e. The van der Waals surface area contributed by atoms with E-state index >= 15 is 0 Å². The number of rotatable bonds is 2. The maximum Gasteiger partial charge on any atom is 0.145 e. The number of aliphatic hydroxyl groups excluding tert-OH is 2. The number of ketones is 1. The van der Waals surface area contributed by atoms with Gasteiger partial charge in [-0.25, -0.2) is 0 Å². The summed E-state index contributed by atoms with van der Waals surface area (Å²) in [5.41, 5.74) is 1.18. The zero-order valence-corrected chi connectivity index (χ0v) is 23.3. The van der Waals surface area contributed by atoms with Gasteiger partial charge in [0.05, 0.1) is 18.9 Å². The summed E-state index contributed by atoms with van der Waals surface area (Å²) < 4.78 is 5.80. The first kappa shape index (κ1) is 25.1. The van der Waals surface area contributed by atoms with E-state index in [1.54, 1.807) is 0 Å². The first-order valence-corrected chi connectivity index (χ1v) is 14.6. The van der Waals surface area contributed by atoms with E-state index in [0.717, 1.165) is 57.1 Å². The second-order valence-electron chi connectivity index (χ2n) is 15.5. The number of nitrogens with zero attached hydrogens (tertiary/aromatic N) is 1. The van der Waals surface area contributed by atoms with Crippen LogP contribution in [0.15, 0.2) is 10.7 Å². The van der Waals surface area contributed by atoms with E-state index in [1.165, 1.54) is 5.56 Å². The van der Waals surface area contributed by atoms with Crippen molar-refractivity contribution in [2.75, 3.05) is 6.61 Å². The van der Waals surface area contributed by atoms with Crippen molar-refractivity contribution in [1.29, 1.82) is 0 Å². The molecule has 1 aromatic heterocycles. The lowest BCUT2D eigenvalue weighted by Gasteiger charge is -2.69. The van der Waals surface area contributed by atoms with Gasteiger partial charge in [-0.3, -0.25) is 4.79 Å². The highest BCUT2D eigenvalue weighted by Gasteiger charge is 2.69. The molecule has 5 aliphatic carbocycles. The SMILES string of the molecule is CC1(C)CC[C@]2(C(O)CO)CCC3C(C(=O)C[C@@H]4[C@@]5(C)Cc6cnoc6C(C)(C)[C@@H]5CC[C@@]34C)[C@@H]2C1. The molecule has 0 spiro atoms. The van der Waals surface area contributed by atoms with Gasteiger partial charge in [0.2, 0.25) is 0 Å². The van der Waals surface area contributed by atoms with Crippen molar-refractivity contribution in [2.45, 2.75) is 111 Å². The molecule has 0 saturated heterocycles. The number of carbonyl (C=O) groups excluding carboxylic acids is 1. The standard InChI is InChI=1S/C31H47NO4/c1-27(2)11-12-31(24(35)17-33)10-7-19-25(20(31)15-27)21(34)13-23-29(19,5)9-8-22-28(3,4)26-18(16-32-36-26)14-30(22,23)6/h16,19-20,22-25,33,35H,7-15,17H2,1-6H3/t19?,20-,22-,23-,24?,25?,29-,30-,31+/m0/s1. The fourth-order valence-corrected chi connectivity index (χ4v) is 11.4. The van der Waals surface area contributed by atoms with Crippen molar-refractivity contribution < 1.29 is 19.5 Å². The lowest BCUT2D eigenvalue weighted by Crippen LogP contribution is -2.66. The van der Waals surface area contributed by atoms with E-state index in [4.69, 9.17) is 4.52 Å². The quantitative estimate of drug-likeness (QED) is 0.547. The summed E-state index contributed by atoms with van der Waals surface area (Å²) >= 11 is 0. The second-order valence-corrected chi connectivity index (χ2v) is 15.5. The lowest BCUT2D eigenvalue weighted by molar-refractivity contribution is -0.210. The van der Waals surface area contributed by atoms with Crippen LogP contribution in [0.4, 0.5) is 0 Å². The minimum atomic E-state index is -0.725. The Labute approximate surface area is 216 Å². The Kier molecular flexibility index (Phi) is 5.36. The van der Waals surface area contributed by atoms with E-state index in [0.29, 0.717) is 30.0 Å². The van der Waals surface area contributed by atoms with Gasteiger partial charge in [-0.2, -0.15) is 0 Å². The Balaban J connectivity index is 1.41. The number of Topliss-reactive ketones (excluding diaryl/α,β-unsaturated/α-hetero) is 1. The molecule has 9 atom stereocenters. The fourth-order valence-electron chi connectivity index (χ4n) is 11.4. The van der Waals surface area contributed by atoms with Gasteiger partial charge in [0.15, 0.2) is 0 Å². The van der Waals surface area contributed by atoms with Gasteiger partial charge in [0.25, 0.3) is 0 Å². The van der Waals surface area contributed by atoms with E-state index in [9.17, 15) is 15.0 Å². The highest BCUT2D eigenvalue weighted by Crippen LogP contribution is 2.72. The molecule has 200 valence electrons. The average Bonchev–Trinajstić information content (AvgIpc) is 3.28. The Morgan fingerprint density at radius 1 is 1.00 bits per heavy atom. The van der Waals surface area contributed by atoms with Gasteiger partial charge in [-0.15, -0.1) is 0 Å². The van der Waals surface area contributed by atoms with Crippen molar-refractivity contribution in [3.05, 3.63) is 17.5 Å². The monoisotopic (exact) mass is 497 g/mol. The molecule has 0 aliphatic heterocycles. The predicted molar refractivity (Wildman–Crippen MR) is 138 cm³/mol. The number of aliphatic hydroxyl groups is 2. The molecule has 0 radical (unpaired) electrons. The van der Waals surface area contributed by atoms with Gasteiger partial charge in [0.1, 0.15) is 11.5 Å². The van der Waals surface area contributed by atoms with Crippen LogP contribution in [0.2, 0.25) is 0 Å². The zero-order valence-electron chi connectivity index (χ0n) is 23.3. The molecule has 4 saturated carbocycles. The smallest absolute Gasteiger partial charge is 0.145 e. The topological polar surface area (TPSA) is 83.6 Å². The molecule has 1 aromatic rings. The molecule has 3 unspecified atom stereocenters. The molecule has 5 heteroatoms. The van der Waals surface area contributed by atoms with E-state index in [2.05, 4.69) is 46.7 Å². The van der Waals surface area contributed by atoms with Crippen molar-refractivity contribution in [2.24, 2.45) is 51.2 Å². The van der Waals surface area contributed by atoms with E-state index in [1.807, 2.05) is 6.20 Å². The number of aromatic nitrogens is 1. The summed E-state index contributed by atoms with van der Waals surface area (Å²) in [6.07, 6.45) is 10.0. The Morgan fingerprint density at radius 3 is 2.47 bits per heavy atom. The summed E-state index contributed by atoms with van der Waals surface area (Å²) in [5.74, 6) is 2.88. The Hall–Kier alpha value is -1.20. The average molecular weight is 498 g/mol. The third kappa shape index (κ3) is 3.08. The molecular formula is C31H47NO4. The highest BCUT2D eigenvalue weighted by molar-refractivity contribution is 5.83. The van der Waals surface area contributed by atoms with Crippen molar-refractivity contribution in [3.63, 3.8) is 0 Å². The molecule has 4 fully saturated rings. The van der Waals surface area contributed by atoms with Crippen LogP contribution in [-0.4, -0.2) is 33.9 Å². The maximum absolute atomic E-state index is 14.3. The Morgan fingerprint density at radius 2 is 1.75 bits per heavy atom. The summed E-state index contributed by atoms with van der Waals surface area (Å²) in [6, 6.07) is 0. The predicted octanol–water partition coefficient (Wildman–Crippen LogP) is 5.71. The zero-order chi connectivity index (χ0) is 25.9. The first-order valence-electron chi connectivity index (χ1n) is 14.6. The minimum absolute atomic E-state index is 0.0173. The maximum atomic E-state index is 14.3. The lowest BCUT2D eigenvalue weighted by atomic mass is 9.35. The summed E-state index contributed by atoms with van der Waals surface area (Å²) in [6.45, 7) is 14.1. The van der Waals surface area contributed by atoms with Crippen molar-refractivity contribution in [1.82, 2.24) is 5.16 Å². The normalized spacial score (nSPS) is 47.6. The van der Waals surface area contributed by atoms with Crippen LogP contribution < -0.4 is 0 Å². The number of fused-ring (bicyclic) bond motifs is 8. The third-order valence-corrected chi connectivity index (χ3v) is 13.1. The molecular weight excluding hydrogens is 450 g/mol. The molecule has 0 amide bonds. The Bertz CT molecular complexity index is 1060. The van der Waals surface area contributed by atoms with Crippen LogP contribution in [0.1, 0.15) is 104 Å². The van der Waals surface area contributed by atoms with Gasteiger partial charge < -0.3 is 14.7 Å². The highest BCUT2D eigenvalue weighted by atomic mass is 16.5. The van der Waals surface area contributed by atoms with Gasteiger partial charge >= 0.3 is 0 Å². The molecule has 5 nitrogen and oxygen atoms in total. The number of hydrogen-bond acceptors (Lipinski definition) is 5. The van der Waals surface area contributed by atoms with Crippen LogP contribution in [0.3, 0.4) is 0 Å². The molecule has 0 aromatic carbocycles. The summed E-state index contributed by atoms with van der Waals surface area (Å²) in [7, 11) is 0. The first-order chi connectivity index (χ1) is 16.8. The van der Waals surface area contributed by atoms with Crippen LogP contribution in [0, 0.1) is 51.2 Å². The molecule has 5 aliphatic rings. The van der Waals surface area contributed by atoms with E-state index in [-0.39, 0.29) is 45.5 Å². The van der Waals surface area contributed by atoms with Crippen LogP contribution >= 0.6 is 0 Å². The van der Waals surface area contributed by atoms with Crippen LogP contribution in [-0.2, 0) is 16.6 Å².